The van der Waals surface area contributed by atoms with Crippen LogP contribution in [-0.2, 0) is 16.0 Å². The minimum Gasteiger partial charge on any atom is -0.480 e. The molecule has 39 heavy (non-hydrogen) atoms. The second-order valence-corrected chi connectivity index (χ2v) is 9.16. The van der Waals surface area contributed by atoms with Crippen molar-refractivity contribution >= 4 is 35.1 Å². The van der Waals surface area contributed by atoms with Crippen molar-refractivity contribution in [2.45, 2.75) is 12.5 Å². The van der Waals surface area contributed by atoms with E-state index in [1.54, 1.807) is 55.4 Å². The van der Waals surface area contributed by atoms with E-state index >= 15 is 0 Å². The van der Waals surface area contributed by atoms with E-state index in [4.69, 9.17) is 9.47 Å². The molecular formula is C28H28N4O7. The summed E-state index contributed by atoms with van der Waals surface area (Å²) in [5, 5.41) is 17.7. The van der Waals surface area contributed by atoms with Gasteiger partial charge in [-0.2, -0.15) is 0 Å². The van der Waals surface area contributed by atoms with Crippen LogP contribution in [0.1, 0.15) is 26.3 Å². The van der Waals surface area contributed by atoms with Gasteiger partial charge in [0.2, 0.25) is 12.7 Å². The number of carboxylic acid groups (broad SMARTS) is 1. The van der Waals surface area contributed by atoms with Crippen molar-refractivity contribution in [2.24, 2.45) is 0 Å². The van der Waals surface area contributed by atoms with Crippen LogP contribution in [0.3, 0.4) is 0 Å². The molecule has 3 aromatic carbocycles. The lowest BCUT2D eigenvalue weighted by Gasteiger charge is -2.17. The molecule has 4 N–H and O–H groups in total. The van der Waals surface area contributed by atoms with E-state index in [1.165, 1.54) is 24.3 Å². The molecule has 1 aliphatic heterocycles. The van der Waals surface area contributed by atoms with Crippen LogP contribution in [0, 0.1) is 0 Å². The molecule has 202 valence electrons. The quantitative estimate of drug-likeness (QED) is 0.312. The summed E-state index contributed by atoms with van der Waals surface area (Å²) in [4.78, 5) is 52.1. The summed E-state index contributed by atoms with van der Waals surface area (Å²) >= 11 is 0. The number of nitrogens with one attached hydrogen (secondary N) is 3. The van der Waals surface area contributed by atoms with Crippen molar-refractivity contribution in [3.8, 4) is 11.5 Å². The molecule has 0 fully saturated rings. The number of fused-ring (bicyclic) bond motifs is 1. The number of benzene rings is 3. The molecule has 0 aliphatic carbocycles. The Kier molecular flexibility index (Phi) is 8.42. The van der Waals surface area contributed by atoms with Gasteiger partial charge in [-0.3, -0.25) is 14.4 Å². The Morgan fingerprint density at radius 2 is 1.54 bits per heavy atom. The minimum atomic E-state index is -1.20. The zero-order valence-corrected chi connectivity index (χ0v) is 21.4. The number of rotatable bonds is 10. The number of carbonyl (C=O) groups excluding carboxylic acids is 3. The predicted molar refractivity (Wildman–Crippen MR) is 143 cm³/mol. The molecule has 0 saturated carbocycles. The van der Waals surface area contributed by atoms with Crippen LogP contribution < -0.4 is 25.4 Å². The molecule has 4 rings (SSSR count). The van der Waals surface area contributed by atoms with Gasteiger partial charge < -0.3 is 35.4 Å². The number of carboxylic acids is 1. The Bertz CT molecular complexity index is 1390. The van der Waals surface area contributed by atoms with Gasteiger partial charge in [0, 0.05) is 28.9 Å². The molecule has 11 nitrogen and oxygen atoms in total. The van der Waals surface area contributed by atoms with Crippen LogP contribution >= 0.6 is 0 Å². The van der Waals surface area contributed by atoms with E-state index in [2.05, 4.69) is 16.0 Å². The third-order valence-electron chi connectivity index (χ3n) is 5.72. The van der Waals surface area contributed by atoms with Gasteiger partial charge >= 0.3 is 5.97 Å². The van der Waals surface area contributed by atoms with E-state index in [0.717, 1.165) is 5.56 Å². The van der Waals surface area contributed by atoms with Gasteiger partial charge in [-0.25, -0.2) is 4.79 Å². The topological polar surface area (TPSA) is 146 Å². The van der Waals surface area contributed by atoms with Crippen LogP contribution in [0.2, 0.25) is 0 Å². The number of nitrogens with zero attached hydrogens (tertiary/aromatic N) is 1. The first-order valence-electron chi connectivity index (χ1n) is 12.1. The predicted octanol–water partition coefficient (Wildman–Crippen LogP) is 2.59. The lowest BCUT2D eigenvalue weighted by molar-refractivity contribution is -0.139. The largest absolute Gasteiger partial charge is 0.480 e. The molecule has 0 unspecified atom stereocenters. The Labute approximate surface area is 224 Å². The summed E-state index contributed by atoms with van der Waals surface area (Å²) in [6, 6.07) is 16.8. The summed E-state index contributed by atoms with van der Waals surface area (Å²) in [5.41, 5.74) is 1.57. The summed E-state index contributed by atoms with van der Waals surface area (Å²) in [7, 11) is 3.47. The molecule has 0 bridgehead atoms. The maximum Gasteiger partial charge on any atom is 0.326 e. The number of anilines is 2. The van der Waals surface area contributed by atoms with E-state index in [-0.39, 0.29) is 42.6 Å². The molecule has 0 spiro atoms. The first-order chi connectivity index (χ1) is 18.7. The fraction of sp³-hybridized carbons (Fsp3) is 0.214. The van der Waals surface area contributed by atoms with Crippen LogP contribution in [0.5, 0.6) is 11.5 Å². The fourth-order valence-electron chi connectivity index (χ4n) is 3.92. The summed E-state index contributed by atoms with van der Waals surface area (Å²) in [6.45, 7) is 0.155. The van der Waals surface area contributed by atoms with Gasteiger partial charge in [0.15, 0.2) is 11.5 Å². The summed E-state index contributed by atoms with van der Waals surface area (Å²) < 4.78 is 10.6. The SMILES string of the molecule is CN(C)CC(=O)Nc1cc(NC(=O)c2ccc3c(c2)OCO3)cc(C(=O)N[C@@H](Cc2ccccc2)C(=O)O)c1. The highest BCUT2D eigenvalue weighted by Gasteiger charge is 2.23. The number of aliphatic carboxylic acids is 1. The van der Waals surface area contributed by atoms with Gasteiger partial charge in [-0.1, -0.05) is 30.3 Å². The number of hydrogen-bond acceptors (Lipinski definition) is 7. The maximum absolute atomic E-state index is 13.2. The van der Waals surface area contributed by atoms with Crippen LogP contribution in [0.15, 0.2) is 66.7 Å². The third-order valence-corrected chi connectivity index (χ3v) is 5.72. The average Bonchev–Trinajstić information content (AvgIpc) is 3.36. The monoisotopic (exact) mass is 532 g/mol. The number of likely N-dealkylation sites (N-methyl/N-ethyl adjacent to an activating group) is 1. The highest BCUT2D eigenvalue weighted by Crippen LogP contribution is 2.32. The van der Waals surface area contributed by atoms with Gasteiger partial charge in [0.05, 0.1) is 6.54 Å². The molecule has 0 saturated heterocycles. The lowest BCUT2D eigenvalue weighted by atomic mass is 10.1. The Hall–Kier alpha value is -4.90. The second kappa shape index (κ2) is 12.1. The molecule has 1 heterocycles. The fourth-order valence-corrected chi connectivity index (χ4v) is 3.92. The zero-order chi connectivity index (χ0) is 27.9. The number of amides is 3. The van der Waals surface area contributed by atoms with Crippen molar-refractivity contribution in [1.29, 1.82) is 0 Å². The maximum atomic E-state index is 13.2. The normalized spacial score (nSPS) is 12.5. The number of hydrogen-bond donors (Lipinski definition) is 4. The van der Waals surface area contributed by atoms with Crippen molar-refractivity contribution < 1.29 is 33.8 Å². The molecule has 1 atom stereocenters. The summed E-state index contributed by atoms with van der Waals surface area (Å²) in [5.74, 6) is -1.73. The highest BCUT2D eigenvalue weighted by molar-refractivity contribution is 6.07. The van der Waals surface area contributed by atoms with Gasteiger partial charge in [0.1, 0.15) is 6.04 Å². The molecule has 1 aliphatic rings. The lowest BCUT2D eigenvalue weighted by Crippen LogP contribution is -2.42. The molecule has 3 amide bonds. The van der Waals surface area contributed by atoms with Crippen molar-refractivity contribution in [1.82, 2.24) is 10.2 Å². The molecular weight excluding hydrogens is 504 g/mol. The first-order valence-corrected chi connectivity index (χ1v) is 12.1. The minimum absolute atomic E-state index is 0.0537. The first kappa shape index (κ1) is 27.1. The Balaban J connectivity index is 1.57. The van der Waals surface area contributed by atoms with Crippen molar-refractivity contribution in [2.75, 3.05) is 38.1 Å². The zero-order valence-electron chi connectivity index (χ0n) is 21.4. The standard InChI is InChI=1S/C28H28N4O7/c1-32(2)15-25(33)29-20-11-19(27(35)31-22(28(36)37)10-17-6-4-3-5-7-17)12-21(14-20)30-26(34)18-8-9-23-24(13-18)39-16-38-23/h3-9,11-14,22H,10,15-16H2,1-2H3,(H,29,33)(H,30,34)(H,31,35)(H,36,37)/t22-/m0/s1. The van der Waals surface area contributed by atoms with Crippen molar-refractivity contribution in [3.63, 3.8) is 0 Å². The van der Waals surface area contributed by atoms with Gasteiger partial charge in [-0.05, 0) is 56.1 Å². The van der Waals surface area contributed by atoms with Gasteiger partial charge in [-0.15, -0.1) is 0 Å². The van der Waals surface area contributed by atoms with E-state index in [0.29, 0.717) is 17.1 Å². The van der Waals surface area contributed by atoms with Crippen molar-refractivity contribution in [3.05, 3.63) is 83.4 Å². The van der Waals surface area contributed by atoms with Crippen LogP contribution in [0.4, 0.5) is 11.4 Å². The molecule has 0 radical (unpaired) electrons. The highest BCUT2D eigenvalue weighted by atomic mass is 16.7. The average molecular weight is 533 g/mol. The third kappa shape index (κ3) is 7.33. The molecule has 11 heteroatoms. The molecule has 3 aromatic rings. The van der Waals surface area contributed by atoms with Crippen LogP contribution in [-0.4, -0.2) is 67.2 Å². The molecule has 0 aromatic heterocycles. The van der Waals surface area contributed by atoms with Crippen LogP contribution in [0.25, 0.3) is 0 Å². The Morgan fingerprint density at radius 1 is 0.846 bits per heavy atom. The second-order valence-electron chi connectivity index (χ2n) is 9.16. The number of carbonyl (C=O) groups is 4. The van der Waals surface area contributed by atoms with E-state index in [1.807, 2.05) is 6.07 Å². The van der Waals surface area contributed by atoms with Gasteiger partial charge in [0.25, 0.3) is 11.8 Å². The smallest absolute Gasteiger partial charge is 0.326 e. The number of ether oxygens (including phenoxy) is 2. The summed E-state index contributed by atoms with van der Waals surface area (Å²) in [6.07, 6.45) is 0.0783. The van der Waals surface area contributed by atoms with E-state index in [9.17, 15) is 24.3 Å². The van der Waals surface area contributed by atoms with E-state index < -0.39 is 23.8 Å². The Morgan fingerprint density at radius 3 is 2.23 bits per heavy atom.